The molecule has 2 saturated carbocycles. The first-order chi connectivity index (χ1) is 10.9. The molecule has 2 unspecified atom stereocenters. The minimum atomic E-state index is -4.40. The lowest BCUT2D eigenvalue weighted by Gasteiger charge is -2.17. The largest absolute Gasteiger partial charge is 0.416 e. The Hall–Kier alpha value is -1.65. The summed E-state index contributed by atoms with van der Waals surface area (Å²) in [5.74, 6) is -0.254. The first-order valence-corrected chi connectivity index (χ1v) is 8.08. The number of hydrogen-bond donors (Lipinski definition) is 0. The molecular weight excluding hydrogens is 303 g/mol. The average Bonchev–Trinajstić information content (AvgIpc) is 3.13. The maximum absolute atomic E-state index is 12.9. The van der Waals surface area contributed by atoms with E-state index in [1.165, 1.54) is 6.07 Å². The molecule has 0 saturated heterocycles. The summed E-state index contributed by atoms with van der Waals surface area (Å²) in [7, 11) is 1.63. The summed E-state index contributed by atoms with van der Waals surface area (Å²) in [6.45, 7) is 0. The zero-order chi connectivity index (χ0) is 16.6. The number of Topliss-reactive ketones (excluding diaryl/α,β-unsaturated/α-hetero) is 1. The molecule has 2 fully saturated rings. The van der Waals surface area contributed by atoms with Crippen molar-refractivity contribution < 1.29 is 18.0 Å². The standard InChI is InChI=1S/C18H20F3NO/c1-22-15-10-14(11-5-2-3-6-11)17(23)16(15)12-7-4-8-13(9-12)18(19,20)21/h4,7-9,11,14,16H,2-3,5-6,10H2,1H3. The van der Waals surface area contributed by atoms with Gasteiger partial charge in [0.2, 0.25) is 0 Å². The summed E-state index contributed by atoms with van der Waals surface area (Å²) in [5, 5.41) is 0. The van der Waals surface area contributed by atoms with Crippen LogP contribution in [-0.2, 0) is 11.0 Å². The Bertz CT molecular complexity index is 629. The van der Waals surface area contributed by atoms with Gasteiger partial charge in [0.05, 0.1) is 11.5 Å². The van der Waals surface area contributed by atoms with Gasteiger partial charge in [0.15, 0.2) is 0 Å². The van der Waals surface area contributed by atoms with Crippen LogP contribution in [-0.4, -0.2) is 18.5 Å². The minimum Gasteiger partial charge on any atom is -0.298 e. The number of benzene rings is 1. The molecule has 2 aliphatic rings. The number of alkyl halides is 3. The number of rotatable bonds is 2. The third kappa shape index (κ3) is 3.06. The molecule has 1 aromatic rings. The van der Waals surface area contributed by atoms with Crippen LogP contribution >= 0.6 is 0 Å². The lowest BCUT2D eigenvalue weighted by atomic mass is 9.86. The van der Waals surface area contributed by atoms with Gasteiger partial charge in [-0.05, 0) is 36.8 Å². The number of carbonyl (C=O) groups is 1. The molecule has 2 atom stereocenters. The highest BCUT2D eigenvalue weighted by Crippen LogP contribution is 2.43. The predicted octanol–water partition coefficient (Wildman–Crippen LogP) is 4.64. The van der Waals surface area contributed by atoms with Crippen LogP contribution < -0.4 is 0 Å². The fourth-order valence-electron chi connectivity index (χ4n) is 4.05. The van der Waals surface area contributed by atoms with Crippen LogP contribution in [0.15, 0.2) is 29.3 Å². The third-order valence-corrected chi connectivity index (χ3v) is 5.22. The molecule has 2 nitrogen and oxygen atoms in total. The Kier molecular flexibility index (Phi) is 4.30. The first kappa shape index (κ1) is 16.2. The summed E-state index contributed by atoms with van der Waals surface area (Å²) in [5.41, 5.74) is 0.444. The second-order valence-electron chi connectivity index (χ2n) is 6.53. The SMILES string of the molecule is CN=C1CC(C2CCCC2)C(=O)C1c1cccc(C(F)(F)F)c1. The van der Waals surface area contributed by atoms with Crippen molar-refractivity contribution in [2.45, 2.75) is 44.2 Å². The van der Waals surface area contributed by atoms with E-state index in [0.29, 0.717) is 17.9 Å². The van der Waals surface area contributed by atoms with Gasteiger partial charge in [-0.25, -0.2) is 0 Å². The molecule has 124 valence electrons. The van der Waals surface area contributed by atoms with Crippen molar-refractivity contribution in [1.82, 2.24) is 0 Å². The maximum atomic E-state index is 12.9. The molecule has 23 heavy (non-hydrogen) atoms. The lowest BCUT2D eigenvalue weighted by molar-refractivity contribution is -0.137. The van der Waals surface area contributed by atoms with Gasteiger partial charge in [-0.3, -0.25) is 9.79 Å². The van der Waals surface area contributed by atoms with Crippen LogP contribution in [0.3, 0.4) is 0 Å². The fourth-order valence-corrected chi connectivity index (χ4v) is 4.05. The van der Waals surface area contributed by atoms with Crippen LogP contribution in [0.2, 0.25) is 0 Å². The van der Waals surface area contributed by atoms with Gasteiger partial charge in [0, 0.05) is 18.7 Å². The average molecular weight is 323 g/mol. The highest BCUT2D eigenvalue weighted by Gasteiger charge is 2.44. The molecule has 0 N–H and O–H groups in total. The molecule has 0 bridgehead atoms. The van der Waals surface area contributed by atoms with Crippen LogP contribution in [0.1, 0.15) is 49.1 Å². The second kappa shape index (κ2) is 6.10. The molecule has 3 rings (SSSR count). The quantitative estimate of drug-likeness (QED) is 0.779. The van der Waals surface area contributed by atoms with E-state index in [0.717, 1.165) is 43.5 Å². The smallest absolute Gasteiger partial charge is 0.298 e. The summed E-state index contributed by atoms with van der Waals surface area (Å²) in [6, 6.07) is 5.13. The summed E-state index contributed by atoms with van der Waals surface area (Å²) in [6.07, 6.45) is 0.570. The minimum absolute atomic E-state index is 0.0526. The van der Waals surface area contributed by atoms with E-state index in [1.54, 1.807) is 13.1 Å². The predicted molar refractivity (Wildman–Crippen MR) is 82.6 cm³/mol. The molecule has 0 heterocycles. The van der Waals surface area contributed by atoms with Gasteiger partial charge in [0.25, 0.3) is 0 Å². The number of carbonyl (C=O) groups excluding carboxylic acids is 1. The van der Waals surface area contributed by atoms with E-state index < -0.39 is 17.7 Å². The highest BCUT2D eigenvalue weighted by molar-refractivity contribution is 6.16. The highest BCUT2D eigenvalue weighted by atomic mass is 19.4. The van der Waals surface area contributed by atoms with Gasteiger partial charge in [0.1, 0.15) is 5.78 Å². The number of ketones is 1. The van der Waals surface area contributed by atoms with Crippen molar-refractivity contribution >= 4 is 11.5 Å². The van der Waals surface area contributed by atoms with E-state index in [-0.39, 0.29) is 11.7 Å². The first-order valence-electron chi connectivity index (χ1n) is 8.08. The molecule has 1 aromatic carbocycles. The fraction of sp³-hybridized carbons (Fsp3) is 0.556. The van der Waals surface area contributed by atoms with E-state index in [1.807, 2.05) is 0 Å². The Balaban J connectivity index is 1.93. The van der Waals surface area contributed by atoms with E-state index >= 15 is 0 Å². The van der Waals surface area contributed by atoms with Crippen molar-refractivity contribution in [2.24, 2.45) is 16.8 Å². The third-order valence-electron chi connectivity index (χ3n) is 5.22. The van der Waals surface area contributed by atoms with Crippen molar-refractivity contribution in [1.29, 1.82) is 0 Å². The van der Waals surface area contributed by atoms with Gasteiger partial charge >= 0.3 is 6.18 Å². The summed E-state index contributed by atoms with van der Waals surface area (Å²) >= 11 is 0. The zero-order valence-corrected chi connectivity index (χ0v) is 13.1. The monoisotopic (exact) mass is 323 g/mol. The number of aliphatic imine (C=N–C) groups is 1. The van der Waals surface area contributed by atoms with E-state index in [4.69, 9.17) is 0 Å². The molecule has 0 spiro atoms. The topological polar surface area (TPSA) is 29.4 Å². The molecule has 0 aliphatic heterocycles. The molecule has 0 aromatic heterocycles. The van der Waals surface area contributed by atoms with Gasteiger partial charge in [-0.2, -0.15) is 13.2 Å². The molecule has 2 aliphatic carbocycles. The Morgan fingerprint density at radius 1 is 1.17 bits per heavy atom. The second-order valence-corrected chi connectivity index (χ2v) is 6.53. The molecule has 5 heteroatoms. The van der Waals surface area contributed by atoms with Crippen LogP contribution in [0.5, 0.6) is 0 Å². The van der Waals surface area contributed by atoms with Crippen LogP contribution in [0, 0.1) is 11.8 Å². The summed E-state index contributed by atoms with van der Waals surface area (Å²) < 4.78 is 38.8. The molecule has 0 radical (unpaired) electrons. The molecular formula is C18H20F3NO. The summed E-state index contributed by atoms with van der Waals surface area (Å²) in [4.78, 5) is 17.1. The Morgan fingerprint density at radius 3 is 2.48 bits per heavy atom. The van der Waals surface area contributed by atoms with Gasteiger partial charge in [-0.1, -0.05) is 31.0 Å². The van der Waals surface area contributed by atoms with Crippen molar-refractivity contribution in [3.05, 3.63) is 35.4 Å². The van der Waals surface area contributed by atoms with Gasteiger partial charge in [-0.15, -0.1) is 0 Å². The maximum Gasteiger partial charge on any atom is 0.416 e. The van der Waals surface area contributed by atoms with Crippen LogP contribution in [0.25, 0.3) is 0 Å². The van der Waals surface area contributed by atoms with Crippen molar-refractivity contribution in [2.75, 3.05) is 7.05 Å². The number of hydrogen-bond acceptors (Lipinski definition) is 2. The van der Waals surface area contributed by atoms with Crippen molar-refractivity contribution in [3.8, 4) is 0 Å². The Morgan fingerprint density at radius 2 is 1.87 bits per heavy atom. The lowest BCUT2D eigenvalue weighted by Crippen LogP contribution is -2.20. The van der Waals surface area contributed by atoms with Crippen LogP contribution in [0.4, 0.5) is 13.2 Å². The van der Waals surface area contributed by atoms with Gasteiger partial charge < -0.3 is 0 Å². The Labute approximate surface area is 133 Å². The number of halogens is 3. The molecule has 0 amide bonds. The zero-order valence-electron chi connectivity index (χ0n) is 13.1. The van der Waals surface area contributed by atoms with E-state index in [9.17, 15) is 18.0 Å². The van der Waals surface area contributed by atoms with Crippen molar-refractivity contribution in [3.63, 3.8) is 0 Å². The normalized spacial score (nSPS) is 28.0. The van der Waals surface area contributed by atoms with E-state index in [2.05, 4.69) is 4.99 Å². The number of nitrogens with zero attached hydrogens (tertiary/aromatic N) is 1.